The summed E-state index contributed by atoms with van der Waals surface area (Å²) in [7, 11) is 1.58. The first-order chi connectivity index (χ1) is 13.6. The third-order valence-corrected chi connectivity index (χ3v) is 10.3. The van der Waals surface area contributed by atoms with Gasteiger partial charge in [0.05, 0.1) is 30.5 Å². The van der Waals surface area contributed by atoms with E-state index < -0.39 is 52.3 Å². The molecule has 0 radical (unpaired) electrons. The van der Waals surface area contributed by atoms with Gasteiger partial charge in [0.1, 0.15) is 11.2 Å². The first-order valence-corrected chi connectivity index (χ1v) is 11.1. The normalized spacial score (nSPS) is 67.1. The van der Waals surface area contributed by atoms with E-state index in [9.17, 15) is 25.5 Å². The molecule has 4 saturated carbocycles. The largest absolute Gasteiger partial charge is 0.392 e. The lowest BCUT2D eigenvalue weighted by Crippen LogP contribution is -2.81. The lowest BCUT2D eigenvalue weighted by molar-refractivity contribution is -0.308. The van der Waals surface area contributed by atoms with Crippen LogP contribution in [0.2, 0.25) is 0 Å². The summed E-state index contributed by atoms with van der Waals surface area (Å²) in [5.74, 6) is -1.29. The van der Waals surface area contributed by atoms with Crippen molar-refractivity contribution in [1.29, 1.82) is 0 Å². The summed E-state index contributed by atoms with van der Waals surface area (Å²) in [6.45, 7) is 5.43. The highest BCUT2D eigenvalue weighted by Crippen LogP contribution is 2.78. The lowest BCUT2D eigenvalue weighted by atomic mass is 9.44. The van der Waals surface area contributed by atoms with Crippen LogP contribution in [0.1, 0.15) is 26.7 Å². The van der Waals surface area contributed by atoms with Gasteiger partial charge in [0.25, 0.3) is 0 Å². The van der Waals surface area contributed by atoms with Crippen LogP contribution in [0, 0.1) is 34.5 Å². The molecule has 5 fully saturated rings. The summed E-state index contributed by atoms with van der Waals surface area (Å²) in [4.78, 5) is 2.16. The average molecular weight is 408 g/mol. The van der Waals surface area contributed by atoms with Crippen LogP contribution >= 0.6 is 0 Å². The van der Waals surface area contributed by atoms with Gasteiger partial charge in [-0.15, -0.1) is 0 Å². The van der Waals surface area contributed by atoms with E-state index in [0.29, 0.717) is 19.5 Å². The van der Waals surface area contributed by atoms with E-state index in [2.05, 4.69) is 11.8 Å². The lowest BCUT2D eigenvalue weighted by Gasteiger charge is -2.68. The Bertz CT molecular complexity index is 791. The second kappa shape index (κ2) is 5.26. The predicted octanol–water partition coefficient (Wildman–Crippen LogP) is -0.888. The number of methoxy groups -OCH3 is 1. The van der Waals surface area contributed by atoms with E-state index in [4.69, 9.17) is 4.74 Å². The number of ether oxygens (including phenoxy) is 1. The molecule has 1 saturated heterocycles. The van der Waals surface area contributed by atoms with Gasteiger partial charge >= 0.3 is 0 Å². The van der Waals surface area contributed by atoms with Crippen molar-refractivity contribution in [3.8, 4) is 0 Å². The van der Waals surface area contributed by atoms with Crippen molar-refractivity contribution in [3.05, 3.63) is 12.2 Å². The molecule has 1 heterocycles. The first kappa shape index (κ1) is 19.2. The van der Waals surface area contributed by atoms with Crippen molar-refractivity contribution in [3.63, 3.8) is 0 Å². The molecule has 162 valence electrons. The molecule has 0 aromatic carbocycles. The fraction of sp³-hybridized carbons (Fsp3) is 0.909. The minimum Gasteiger partial charge on any atom is -0.392 e. The Morgan fingerprint density at radius 1 is 1.21 bits per heavy atom. The third kappa shape index (κ3) is 1.63. The maximum Gasteiger partial charge on any atom is 0.136 e. The van der Waals surface area contributed by atoms with E-state index >= 15 is 0 Å². The monoisotopic (exact) mass is 407 g/mol. The van der Waals surface area contributed by atoms with Gasteiger partial charge in [0.2, 0.25) is 0 Å². The van der Waals surface area contributed by atoms with E-state index in [1.807, 2.05) is 19.1 Å². The predicted molar refractivity (Wildman–Crippen MR) is 103 cm³/mol. The zero-order chi connectivity index (χ0) is 20.7. The number of fused-ring (bicyclic) bond motifs is 2. The van der Waals surface area contributed by atoms with Gasteiger partial charge in [-0.05, 0) is 18.9 Å². The highest BCUT2D eigenvalue weighted by Gasteiger charge is 2.90. The maximum absolute atomic E-state index is 12.3. The summed E-state index contributed by atoms with van der Waals surface area (Å²) in [5.41, 5.74) is -4.74. The average Bonchev–Trinajstić information content (AvgIpc) is 3.04. The number of likely N-dealkylation sites (N-methyl/N-ethyl adjacent to an activating group) is 1. The number of aliphatic hydroxyl groups excluding tert-OH is 3. The third-order valence-electron chi connectivity index (χ3n) is 10.3. The zero-order valence-corrected chi connectivity index (χ0v) is 17.3. The standard InChI is InChI=1S/C22H33NO6/c1-4-23-9-19(2)6-5-13(24)21-11-7-10-12(29-3)8-20(27,14(11)15(10)25)22(28,18(21)23)17(26)16(19)21/h5-6,10-18,24-28H,4,7-9H2,1-3H3/t10-,11-,12+,13+,14-,15+,16-,17+,18?,19+,20-,21?,22?/m1/s1. The van der Waals surface area contributed by atoms with Crippen LogP contribution in [0.3, 0.4) is 0 Å². The summed E-state index contributed by atoms with van der Waals surface area (Å²) in [6.07, 6.45) is 1.41. The Labute approximate surface area is 171 Å². The summed E-state index contributed by atoms with van der Waals surface area (Å²) < 4.78 is 5.66. The van der Waals surface area contributed by atoms with Crippen molar-refractivity contribution in [2.24, 2.45) is 34.5 Å². The van der Waals surface area contributed by atoms with Crippen LogP contribution in [0.15, 0.2) is 12.2 Å². The van der Waals surface area contributed by atoms with E-state index in [0.717, 1.165) is 0 Å². The fourth-order valence-electron chi connectivity index (χ4n) is 9.68. The van der Waals surface area contributed by atoms with E-state index in [-0.39, 0.29) is 30.3 Å². The molecule has 1 aliphatic heterocycles. The maximum atomic E-state index is 12.3. The minimum atomic E-state index is -1.84. The number of aliphatic hydroxyl groups is 5. The molecule has 13 atom stereocenters. The molecule has 7 heteroatoms. The van der Waals surface area contributed by atoms with Gasteiger partial charge < -0.3 is 30.3 Å². The van der Waals surface area contributed by atoms with Crippen LogP contribution in [0.25, 0.3) is 0 Å². The van der Waals surface area contributed by atoms with Gasteiger partial charge in [-0.3, -0.25) is 4.90 Å². The van der Waals surface area contributed by atoms with Crippen LogP contribution in [-0.4, -0.2) is 92.3 Å². The molecular weight excluding hydrogens is 374 g/mol. The number of nitrogens with zero attached hydrogens (tertiary/aromatic N) is 1. The quantitative estimate of drug-likeness (QED) is 0.378. The number of hydrogen-bond acceptors (Lipinski definition) is 7. The molecule has 5 N–H and O–H groups in total. The zero-order valence-electron chi connectivity index (χ0n) is 17.3. The molecule has 7 bridgehead atoms. The van der Waals surface area contributed by atoms with E-state index in [1.165, 1.54) is 0 Å². The Balaban J connectivity index is 1.68. The molecule has 0 aromatic heterocycles. The highest BCUT2D eigenvalue weighted by molar-refractivity contribution is 5.43. The van der Waals surface area contributed by atoms with Crippen molar-refractivity contribution < 1.29 is 30.3 Å². The van der Waals surface area contributed by atoms with Crippen molar-refractivity contribution in [2.45, 2.75) is 68.3 Å². The Kier molecular flexibility index (Phi) is 3.48. The molecule has 1 spiro atoms. The van der Waals surface area contributed by atoms with Crippen LogP contribution in [0.5, 0.6) is 0 Å². The van der Waals surface area contributed by atoms with Crippen molar-refractivity contribution in [1.82, 2.24) is 4.90 Å². The molecule has 0 amide bonds. The smallest absolute Gasteiger partial charge is 0.136 e. The molecule has 7 nitrogen and oxygen atoms in total. The Morgan fingerprint density at radius 2 is 1.93 bits per heavy atom. The number of rotatable bonds is 2. The van der Waals surface area contributed by atoms with Crippen molar-refractivity contribution >= 4 is 0 Å². The number of likely N-dealkylation sites (tertiary alicyclic amines) is 1. The topological polar surface area (TPSA) is 114 Å². The SMILES string of the molecule is CCN1C[C@]2(C)C=C[C@H](O)C34C1C(O)([C@@H](O)[C@@H]32)[C@@]1(O)C[C@H](OC)[C@H]2C[C@@H]4[C@@H]1[C@H]2O. The number of piperidine rings is 1. The molecule has 29 heavy (non-hydrogen) atoms. The molecule has 0 aromatic rings. The summed E-state index contributed by atoms with van der Waals surface area (Å²) in [6, 6.07) is -0.569. The summed E-state index contributed by atoms with van der Waals surface area (Å²) >= 11 is 0. The van der Waals surface area contributed by atoms with Gasteiger partial charge in [-0.25, -0.2) is 0 Å². The molecule has 6 aliphatic rings. The molecule has 5 aliphatic carbocycles. The van der Waals surface area contributed by atoms with Crippen LogP contribution in [-0.2, 0) is 4.74 Å². The second-order valence-corrected chi connectivity index (χ2v) is 10.9. The minimum absolute atomic E-state index is 0.134. The van der Waals surface area contributed by atoms with Gasteiger partial charge in [0.15, 0.2) is 0 Å². The number of hydrogen-bond donors (Lipinski definition) is 5. The Morgan fingerprint density at radius 3 is 2.59 bits per heavy atom. The molecular formula is C22H33NO6. The van der Waals surface area contributed by atoms with Gasteiger partial charge in [0, 0.05) is 48.7 Å². The van der Waals surface area contributed by atoms with Crippen LogP contribution in [0.4, 0.5) is 0 Å². The van der Waals surface area contributed by atoms with E-state index in [1.54, 1.807) is 7.11 Å². The molecule has 3 unspecified atom stereocenters. The summed E-state index contributed by atoms with van der Waals surface area (Å²) in [5, 5.41) is 58.9. The molecule has 6 rings (SSSR count). The van der Waals surface area contributed by atoms with Crippen LogP contribution < -0.4 is 0 Å². The van der Waals surface area contributed by atoms with Gasteiger partial charge in [-0.1, -0.05) is 26.0 Å². The Hall–Kier alpha value is -0.540. The van der Waals surface area contributed by atoms with Crippen molar-refractivity contribution in [2.75, 3.05) is 20.2 Å². The second-order valence-electron chi connectivity index (χ2n) is 10.9. The highest BCUT2D eigenvalue weighted by atomic mass is 16.5. The van der Waals surface area contributed by atoms with Gasteiger partial charge in [-0.2, -0.15) is 0 Å². The first-order valence-electron chi connectivity index (χ1n) is 11.1. The fourth-order valence-corrected chi connectivity index (χ4v) is 9.68.